The van der Waals surface area contributed by atoms with Crippen LogP contribution in [-0.2, 0) is 4.79 Å². The second-order valence-electron chi connectivity index (χ2n) is 4.03. The number of benzene rings is 1. The van der Waals surface area contributed by atoms with E-state index in [1.807, 2.05) is 19.1 Å². The number of likely N-dealkylation sites (N-methyl/N-ethyl adjacent to an activating group) is 1. The van der Waals surface area contributed by atoms with Crippen molar-refractivity contribution in [2.75, 3.05) is 27.3 Å². The van der Waals surface area contributed by atoms with E-state index in [4.69, 9.17) is 15.2 Å². The molecule has 0 aliphatic carbocycles. The molecule has 0 saturated carbocycles. The second kappa shape index (κ2) is 8.61. The van der Waals surface area contributed by atoms with E-state index < -0.39 is 0 Å². The first-order valence-electron chi connectivity index (χ1n) is 5.81. The minimum absolute atomic E-state index is 0. The fraction of sp³-hybridized carbons (Fsp3) is 0.462. The van der Waals surface area contributed by atoms with Crippen LogP contribution in [0.15, 0.2) is 24.3 Å². The largest absolute Gasteiger partial charge is 0.493 e. The monoisotopic (exact) mass is 288 g/mol. The van der Waals surface area contributed by atoms with Crippen LogP contribution in [0.5, 0.6) is 11.5 Å². The molecule has 1 amide bonds. The average Bonchev–Trinajstić information content (AvgIpc) is 2.43. The number of hydrogen-bond donors (Lipinski definition) is 1. The van der Waals surface area contributed by atoms with Crippen molar-refractivity contribution in [1.82, 2.24) is 4.90 Å². The van der Waals surface area contributed by atoms with Crippen LogP contribution < -0.4 is 15.2 Å². The van der Waals surface area contributed by atoms with Crippen molar-refractivity contribution in [1.29, 1.82) is 0 Å². The van der Waals surface area contributed by atoms with E-state index in [-0.39, 0.29) is 31.0 Å². The summed E-state index contributed by atoms with van der Waals surface area (Å²) in [4.78, 5) is 13.4. The molecule has 108 valence electrons. The van der Waals surface area contributed by atoms with E-state index in [1.54, 1.807) is 31.2 Å². The third kappa shape index (κ3) is 4.96. The lowest BCUT2D eigenvalue weighted by molar-refractivity contribution is -0.133. The summed E-state index contributed by atoms with van der Waals surface area (Å²) in [5.74, 6) is 1.06. The van der Waals surface area contributed by atoms with E-state index >= 15 is 0 Å². The fourth-order valence-electron chi connectivity index (χ4n) is 1.38. The molecule has 0 heterocycles. The van der Waals surface area contributed by atoms with Gasteiger partial charge in [-0.15, -0.1) is 12.4 Å². The molecule has 0 radical (unpaired) electrons. The van der Waals surface area contributed by atoms with Gasteiger partial charge in [-0.25, -0.2) is 0 Å². The highest BCUT2D eigenvalue weighted by Crippen LogP contribution is 2.25. The Kier molecular flexibility index (Phi) is 7.95. The van der Waals surface area contributed by atoms with Gasteiger partial charge in [0.15, 0.2) is 18.1 Å². The quantitative estimate of drug-likeness (QED) is 0.857. The van der Waals surface area contributed by atoms with Crippen molar-refractivity contribution in [3.8, 4) is 11.5 Å². The Bertz CT molecular complexity index is 401. The average molecular weight is 289 g/mol. The van der Waals surface area contributed by atoms with Gasteiger partial charge in [-0.2, -0.15) is 0 Å². The van der Waals surface area contributed by atoms with E-state index in [0.29, 0.717) is 18.0 Å². The molecule has 1 atom stereocenters. The highest BCUT2D eigenvalue weighted by atomic mass is 35.5. The SMILES string of the molecule is COc1ccccc1OCC(=O)N(C)C(C)CN.Cl. The van der Waals surface area contributed by atoms with Crippen LogP contribution in [0, 0.1) is 0 Å². The van der Waals surface area contributed by atoms with E-state index in [0.717, 1.165) is 0 Å². The second-order valence-corrected chi connectivity index (χ2v) is 4.03. The molecular weight excluding hydrogens is 268 g/mol. The molecule has 1 rings (SSSR count). The summed E-state index contributed by atoms with van der Waals surface area (Å²) < 4.78 is 10.6. The topological polar surface area (TPSA) is 64.8 Å². The molecule has 0 bridgehead atoms. The molecular formula is C13H21ClN2O3. The Hall–Kier alpha value is -1.46. The van der Waals surface area contributed by atoms with Gasteiger partial charge in [-0.05, 0) is 19.1 Å². The van der Waals surface area contributed by atoms with Gasteiger partial charge in [0.25, 0.3) is 5.91 Å². The van der Waals surface area contributed by atoms with Gasteiger partial charge in [-0.1, -0.05) is 12.1 Å². The van der Waals surface area contributed by atoms with Crippen molar-refractivity contribution >= 4 is 18.3 Å². The summed E-state index contributed by atoms with van der Waals surface area (Å²) in [5, 5.41) is 0. The van der Waals surface area contributed by atoms with Crippen molar-refractivity contribution in [2.45, 2.75) is 13.0 Å². The minimum Gasteiger partial charge on any atom is -0.493 e. The third-order valence-corrected chi connectivity index (χ3v) is 2.82. The van der Waals surface area contributed by atoms with Crippen LogP contribution >= 0.6 is 12.4 Å². The van der Waals surface area contributed by atoms with Gasteiger partial charge in [0.05, 0.1) is 7.11 Å². The van der Waals surface area contributed by atoms with Crippen LogP contribution in [0.3, 0.4) is 0 Å². The highest BCUT2D eigenvalue weighted by Gasteiger charge is 2.15. The maximum atomic E-state index is 11.8. The lowest BCUT2D eigenvalue weighted by atomic mass is 10.3. The number of ether oxygens (including phenoxy) is 2. The minimum atomic E-state index is -0.112. The lowest BCUT2D eigenvalue weighted by Gasteiger charge is -2.23. The summed E-state index contributed by atoms with van der Waals surface area (Å²) in [6.45, 7) is 2.29. The number of hydrogen-bond acceptors (Lipinski definition) is 4. The molecule has 0 saturated heterocycles. The molecule has 0 aliphatic rings. The Morgan fingerprint density at radius 1 is 1.37 bits per heavy atom. The summed E-state index contributed by atoms with van der Waals surface area (Å²) in [7, 11) is 3.28. The van der Waals surface area contributed by atoms with E-state index in [9.17, 15) is 4.79 Å². The number of rotatable bonds is 6. The maximum Gasteiger partial charge on any atom is 0.260 e. The zero-order valence-corrected chi connectivity index (χ0v) is 12.3. The molecule has 0 spiro atoms. The Balaban J connectivity index is 0.00000324. The number of methoxy groups -OCH3 is 1. The van der Waals surface area contributed by atoms with E-state index in [2.05, 4.69) is 0 Å². The zero-order chi connectivity index (χ0) is 13.5. The summed E-state index contributed by atoms with van der Waals surface area (Å²) in [5.41, 5.74) is 5.51. The standard InChI is InChI=1S/C13H20N2O3.ClH/c1-10(8-14)15(2)13(16)9-18-12-7-5-4-6-11(12)17-3;/h4-7,10H,8-9,14H2,1-3H3;1H. The number of para-hydroxylation sites is 2. The van der Waals surface area contributed by atoms with Crippen LogP contribution in [-0.4, -0.2) is 44.2 Å². The predicted molar refractivity (Wildman–Crippen MR) is 77.0 cm³/mol. The first-order valence-corrected chi connectivity index (χ1v) is 5.81. The number of halogens is 1. The number of nitrogens with two attached hydrogens (primary N) is 1. The van der Waals surface area contributed by atoms with Crippen molar-refractivity contribution in [3.05, 3.63) is 24.3 Å². The van der Waals surface area contributed by atoms with E-state index in [1.165, 1.54) is 0 Å². The molecule has 19 heavy (non-hydrogen) atoms. The Labute approximate surface area is 120 Å². The summed E-state index contributed by atoms with van der Waals surface area (Å²) in [6.07, 6.45) is 0. The van der Waals surface area contributed by atoms with Crippen LogP contribution in [0.4, 0.5) is 0 Å². The molecule has 0 aliphatic heterocycles. The molecule has 1 unspecified atom stereocenters. The zero-order valence-electron chi connectivity index (χ0n) is 11.5. The third-order valence-electron chi connectivity index (χ3n) is 2.82. The first kappa shape index (κ1) is 17.5. The number of nitrogens with zero attached hydrogens (tertiary/aromatic N) is 1. The number of carbonyl (C=O) groups is 1. The van der Waals surface area contributed by atoms with Gasteiger partial charge in [0.2, 0.25) is 0 Å². The van der Waals surface area contributed by atoms with Crippen molar-refractivity contribution in [2.24, 2.45) is 5.73 Å². The summed E-state index contributed by atoms with van der Waals surface area (Å²) in [6, 6.07) is 7.22. The van der Waals surface area contributed by atoms with Crippen LogP contribution in [0.1, 0.15) is 6.92 Å². The normalized spacial score (nSPS) is 11.2. The van der Waals surface area contributed by atoms with Crippen LogP contribution in [0.2, 0.25) is 0 Å². The first-order chi connectivity index (χ1) is 8.60. The Morgan fingerprint density at radius 2 is 1.95 bits per heavy atom. The molecule has 2 N–H and O–H groups in total. The number of carbonyl (C=O) groups excluding carboxylic acids is 1. The predicted octanol–water partition coefficient (Wildman–Crippen LogP) is 1.30. The number of amides is 1. The fourth-order valence-corrected chi connectivity index (χ4v) is 1.38. The molecule has 0 fully saturated rings. The van der Waals surface area contributed by atoms with Crippen molar-refractivity contribution < 1.29 is 14.3 Å². The lowest BCUT2D eigenvalue weighted by Crippen LogP contribution is -2.42. The van der Waals surface area contributed by atoms with Gasteiger partial charge in [-0.3, -0.25) is 4.79 Å². The molecule has 1 aromatic rings. The van der Waals surface area contributed by atoms with Crippen molar-refractivity contribution in [3.63, 3.8) is 0 Å². The smallest absolute Gasteiger partial charge is 0.260 e. The van der Waals surface area contributed by atoms with Crippen LogP contribution in [0.25, 0.3) is 0 Å². The highest BCUT2D eigenvalue weighted by molar-refractivity contribution is 5.85. The summed E-state index contributed by atoms with van der Waals surface area (Å²) >= 11 is 0. The molecule has 5 nitrogen and oxygen atoms in total. The molecule has 0 aromatic heterocycles. The van der Waals surface area contributed by atoms with Gasteiger partial charge >= 0.3 is 0 Å². The van der Waals surface area contributed by atoms with Gasteiger partial charge < -0.3 is 20.1 Å². The van der Waals surface area contributed by atoms with Gasteiger partial charge in [0, 0.05) is 19.6 Å². The Morgan fingerprint density at radius 3 is 2.47 bits per heavy atom. The van der Waals surface area contributed by atoms with Gasteiger partial charge in [0.1, 0.15) is 0 Å². The maximum absolute atomic E-state index is 11.8. The molecule has 1 aromatic carbocycles. The molecule has 6 heteroatoms.